The van der Waals surface area contributed by atoms with Gasteiger partial charge >= 0.3 is 0 Å². The van der Waals surface area contributed by atoms with Crippen molar-refractivity contribution >= 4 is 5.95 Å². The summed E-state index contributed by atoms with van der Waals surface area (Å²) < 4.78 is 5.65. The van der Waals surface area contributed by atoms with Crippen LogP contribution >= 0.6 is 0 Å². The van der Waals surface area contributed by atoms with E-state index in [-0.39, 0.29) is 0 Å². The molecule has 2 aromatic rings. The topological polar surface area (TPSA) is 66.1 Å². The van der Waals surface area contributed by atoms with E-state index in [1.807, 2.05) is 30.3 Å². The van der Waals surface area contributed by atoms with E-state index in [9.17, 15) is 0 Å². The van der Waals surface area contributed by atoms with Gasteiger partial charge in [0, 0.05) is 19.6 Å². The molecule has 6 nitrogen and oxygen atoms in total. The van der Waals surface area contributed by atoms with Crippen molar-refractivity contribution in [1.29, 1.82) is 0 Å². The van der Waals surface area contributed by atoms with Gasteiger partial charge in [0.05, 0.1) is 0 Å². The highest BCUT2D eigenvalue weighted by Gasteiger charge is 2.14. The van der Waals surface area contributed by atoms with E-state index in [2.05, 4.69) is 25.4 Å². The minimum atomic E-state index is 0.406. The standard InChI is InChI=1S/C14H19N5O/c1-2-5-12(6-3-1)20-11-13-16-14(18-17-13)19-9-4-7-15-8-10-19/h1-3,5-6,15H,4,7-11H2,(H,16,17,18). The Morgan fingerprint density at radius 3 is 2.95 bits per heavy atom. The molecule has 1 aliphatic heterocycles. The highest BCUT2D eigenvalue weighted by Crippen LogP contribution is 2.12. The van der Waals surface area contributed by atoms with Crippen LogP contribution in [-0.2, 0) is 6.61 Å². The van der Waals surface area contributed by atoms with E-state index < -0.39 is 0 Å². The van der Waals surface area contributed by atoms with Crippen LogP contribution in [0, 0.1) is 0 Å². The minimum Gasteiger partial charge on any atom is -0.486 e. The summed E-state index contributed by atoms with van der Waals surface area (Å²) >= 11 is 0. The molecule has 0 bridgehead atoms. The second-order valence-corrected chi connectivity index (χ2v) is 4.77. The summed E-state index contributed by atoms with van der Waals surface area (Å²) in [5.41, 5.74) is 0. The molecule has 0 unspecified atom stereocenters. The summed E-state index contributed by atoms with van der Waals surface area (Å²) in [7, 11) is 0. The molecule has 20 heavy (non-hydrogen) atoms. The van der Waals surface area contributed by atoms with E-state index >= 15 is 0 Å². The monoisotopic (exact) mass is 273 g/mol. The SMILES string of the molecule is c1ccc(OCc2nc(N3CCCNCC3)n[nH]2)cc1. The van der Waals surface area contributed by atoms with Crippen LogP contribution in [0.3, 0.4) is 0 Å². The molecule has 2 heterocycles. The fraction of sp³-hybridized carbons (Fsp3) is 0.429. The summed E-state index contributed by atoms with van der Waals surface area (Å²) in [5.74, 6) is 2.35. The van der Waals surface area contributed by atoms with Gasteiger partial charge in [-0.2, -0.15) is 4.98 Å². The molecule has 6 heteroatoms. The first kappa shape index (κ1) is 12.9. The Morgan fingerprint density at radius 1 is 1.15 bits per heavy atom. The Balaban J connectivity index is 1.58. The molecule has 1 fully saturated rings. The number of nitrogens with zero attached hydrogens (tertiary/aromatic N) is 3. The van der Waals surface area contributed by atoms with Crippen molar-refractivity contribution in [3.05, 3.63) is 36.2 Å². The summed E-state index contributed by atoms with van der Waals surface area (Å²) in [5, 5.41) is 10.6. The van der Waals surface area contributed by atoms with Crippen LogP contribution in [0.25, 0.3) is 0 Å². The third-order valence-corrected chi connectivity index (χ3v) is 3.26. The molecule has 1 aromatic carbocycles. The Morgan fingerprint density at radius 2 is 2.05 bits per heavy atom. The molecular weight excluding hydrogens is 254 g/mol. The minimum absolute atomic E-state index is 0.406. The number of hydrogen-bond acceptors (Lipinski definition) is 5. The molecule has 2 N–H and O–H groups in total. The van der Waals surface area contributed by atoms with E-state index in [1.54, 1.807) is 0 Å². The second kappa shape index (κ2) is 6.38. The van der Waals surface area contributed by atoms with Gasteiger partial charge in [-0.25, -0.2) is 0 Å². The van der Waals surface area contributed by atoms with Crippen LogP contribution < -0.4 is 15.0 Å². The lowest BCUT2D eigenvalue weighted by molar-refractivity contribution is 0.296. The first-order chi connectivity index (χ1) is 9.92. The van der Waals surface area contributed by atoms with Crippen molar-refractivity contribution in [2.75, 3.05) is 31.1 Å². The van der Waals surface area contributed by atoms with Crippen LogP contribution in [0.1, 0.15) is 12.2 Å². The molecule has 0 radical (unpaired) electrons. The number of aromatic amines is 1. The lowest BCUT2D eigenvalue weighted by atomic mass is 10.3. The molecule has 3 rings (SSSR count). The van der Waals surface area contributed by atoms with Gasteiger partial charge in [0.25, 0.3) is 0 Å². The molecule has 1 aromatic heterocycles. The lowest BCUT2D eigenvalue weighted by Crippen LogP contribution is -2.28. The van der Waals surface area contributed by atoms with Gasteiger partial charge in [-0.15, -0.1) is 5.10 Å². The number of benzene rings is 1. The molecular formula is C14H19N5O. The third kappa shape index (κ3) is 3.27. The van der Waals surface area contributed by atoms with E-state index in [0.717, 1.165) is 50.1 Å². The number of rotatable bonds is 4. The van der Waals surface area contributed by atoms with Crippen molar-refractivity contribution in [2.45, 2.75) is 13.0 Å². The summed E-state index contributed by atoms with van der Waals surface area (Å²) in [6, 6.07) is 9.72. The quantitative estimate of drug-likeness (QED) is 0.876. The molecule has 0 aliphatic carbocycles. The molecule has 106 valence electrons. The van der Waals surface area contributed by atoms with E-state index in [1.165, 1.54) is 0 Å². The predicted molar refractivity (Wildman–Crippen MR) is 76.9 cm³/mol. The molecule has 0 spiro atoms. The summed E-state index contributed by atoms with van der Waals surface area (Å²) in [6.45, 7) is 4.37. The molecule has 0 amide bonds. The molecule has 1 saturated heterocycles. The Labute approximate surface area is 118 Å². The first-order valence-corrected chi connectivity index (χ1v) is 6.96. The van der Waals surface area contributed by atoms with E-state index in [4.69, 9.17) is 4.74 Å². The lowest BCUT2D eigenvalue weighted by Gasteiger charge is -2.16. The van der Waals surface area contributed by atoms with Crippen LogP contribution in [0.5, 0.6) is 5.75 Å². The number of anilines is 1. The average Bonchev–Trinajstić information content (AvgIpc) is 2.80. The van der Waals surface area contributed by atoms with Crippen molar-refractivity contribution in [3.63, 3.8) is 0 Å². The maximum absolute atomic E-state index is 5.65. The zero-order chi connectivity index (χ0) is 13.6. The fourth-order valence-electron chi connectivity index (χ4n) is 2.21. The predicted octanol–water partition coefficient (Wildman–Crippen LogP) is 1.18. The summed E-state index contributed by atoms with van der Waals surface area (Å²) in [4.78, 5) is 6.69. The zero-order valence-electron chi connectivity index (χ0n) is 11.4. The van der Waals surface area contributed by atoms with Crippen molar-refractivity contribution in [1.82, 2.24) is 20.5 Å². The van der Waals surface area contributed by atoms with Crippen molar-refractivity contribution in [2.24, 2.45) is 0 Å². The van der Waals surface area contributed by atoms with Crippen molar-refractivity contribution < 1.29 is 4.74 Å². The summed E-state index contributed by atoms with van der Waals surface area (Å²) in [6.07, 6.45) is 1.12. The van der Waals surface area contributed by atoms with Gasteiger partial charge in [-0.3, -0.25) is 5.10 Å². The van der Waals surface area contributed by atoms with Gasteiger partial charge in [0.1, 0.15) is 12.4 Å². The Kier molecular flexibility index (Phi) is 4.13. The fourth-order valence-corrected chi connectivity index (χ4v) is 2.21. The number of ether oxygens (including phenoxy) is 1. The van der Waals surface area contributed by atoms with Gasteiger partial charge in [-0.05, 0) is 25.1 Å². The third-order valence-electron chi connectivity index (χ3n) is 3.26. The number of nitrogens with one attached hydrogen (secondary N) is 2. The maximum atomic E-state index is 5.65. The van der Waals surface area contributed by atoms with Gasteiger partial charge in [0.15, 0.2) is 5.82 Å². The normalized spacial score (nSPS) is 15.9. The van der Waals surface area contributed by atoms with Crippen LogP contribution in [0.4, 0.5) is 5.95 Å². The average molecular weight is 273 g/mol. The van der Waals surface area contributed by atoms with Crippen molar-refractivity contribution in [3.8, 4) is 5.75 Å². The van der Waals surface area contributed by atoms with Gasteiger partial charge < -0.3 is 15.0 Å². The van der Waals surface area contributed by atoms with E-state index in [0.29, 0.717) is 6.61 Å². The van der Waals surface area contributed by atoms with Gasteiger partial charge in [-0.1, -0.05) is 18.2 Å². The zero-order valence-corrected chi connectivity index (χ0v) is 11.4. The highest BCUT2D eigenvalue weighted by molar-refractivity contribution is 5.29. The second-order valence-electron chi connectivity index (χ2n) is 4.77. The molecule has 0 saturated carbocycles. The highest BCUT2D eigenvalue weighted by atomic mass is 16.5. The number of aromatic nitrogens is 3. The van der Waals surface area contributed by atoms with Crippen LogP contribution in [0.15, 0.2) is 30.3 Å². The number of hydrogen-bond donors (Lipinski definition) is 2. The Bertz CT molecular complexity index is 519. The number of para-hydroxylation sites is 1. The smallest absolute Gasteiger partial charge is 0.244 e. The van der Waals surface area contributed by atoms with Crippen LogP contribution in [0.2, 0.25) is 0 Å². The largest absolute Gasteiger partial charge is 0.486 e. The van der Waals surface area contributed by atoms with Gasteiger partial charge in [0.2, 0.25) is 5.95 Å². The number of H-pyrrole nitrogens is 1. The first-order valence-electron chi connectivity index (χ1n) is 6.96. The molecule has 1 aliphatic rings. The Hall–Kier alpha value is -2.08. The van der Waals surface area contributed by atoms with Crippen LogP contribution in [-0.4, -0.2) is 41.4 Å². The molecule has 0 atom stereocenters. The maximum Gasteiger partial charge on any atom is 0.244 e.